The summed E-state index contributed by atoms with van der Waals surface area (Å²) in [6.45, 7) is 0. The summed E-state index contributed by atoms with van der Waals surface area (Å²) in [5.41, 5.74) is 2.31. The number of H-pyrrole nitrogens is 1. The molecule has 94 valence electrons. The van der Waals surface area contributed by atoms with Crippen molar-refractivity contribution in [1.82, 2.24) is 19.9 Å². The normalized spacial score (nSPS) is 10.7. The first-order valence-electron chi connectivity index (χ1n) is 5.69. The van der Waals surface area contributed by atoms with Crippen LogP contribution in [0.5, 0.6) is 0 Å². The molecule has 6 nitrogen and oxygen atoms in total. The van der Waals surface area contributed by atoms with Crippen LogP contribution in [0.2, 0.25) is 0 Å². The third-order valence-corrected chi connectivity index (χ3v) is 2.73. The van der Waals surface area contributed by atoms with Crippen LogP contribution in [0.3, 0.4) is 0 Å². The number of rotatable bonds is 3. The summed E-state index contributed by atoms with van der Waals surface area (Å²) in [7, 11) is 0. The monoisotopic (exact) mass is 254 g/mol. The molecule has 6 heteroatoms. The predicted octanol–water partition coefficient (Wildman–Crippen LogP) is 1.64. The lowest BCUT2D eigenvalue weighted by Crippen LogP contribution is -1.96. The standard InChI is InChI=1S/C13H10N4O2/c18-13(19)9-5-10-12(15-7-9)17-11(16-10)4-8-2-1-3-14-6-8/h1-3,5-7H,4H2,(H,18,19)(H,15,16,17). The highest BCUT2D eigenvalue weighted by molar-refractivity contribution is 5.90. The Bertz CT molecular complexity index is 737. The van der Waals surface area contributed by atoms with Gasteiger partial charge >= 0.3 is 5.97 Å². The molecule has 0 fully saturated rings. The summed E-state index contributed by atoms with van der Waals surface area (Å²) >= 11 is 0. The second-order valence-corrected chi connectivity index (χ2v) is 4.12. The summed E-state index contributed by atoms with van der Waals surface area (Å²) < 4.78 is 0. The minimum Gasteiger partial charge on any atom is -0.478 e. The molecule has 0 aromatic carbocycles. The van der Waals surface area contributed by atoms with E-state index in [1.807, 2.05) is 12.1 Å². The third-order valence-electron chi connectivity index (χ3n) is 2.73. The zero-order valence-corrected chi connectivity index (χ0v) is 9.87. The topological polar surface area (TPSA) is 91.8 Å². The molecule has 0 amide bonds. The van der Waals surface area contributed by atoms with Crippen LogP contribution in [0, 0.1) is 0 Å². The van der Waals surface area contributed by atoms with Gasteiger partial charge in [0.1, 0.15) is 5.82 Å². The number of aromatic amines is 1. The second-order valence-electron chi connectivity index (χ2n) is 4.12. The fraction of sp³-hybridized carbons (Fsp3) is 0.0769. The summed E-state index contributed by atoms with van der Waals surface area (Å²) in [4.78, 5) is 26.3. The molecule has 3 aromatic rings. The van der Waals surface area contributed by atoms with E-state index < -0.39 is 5.97 Å². The molecule has 0 bridgehead atoms. The molecule has 0 aliphatic carbocycles. The molecule has 19 heavy (non-hydrogen) atoms. The van der Waals surface area contributed by atoms with Crippen molar-refractivity contribution in [2.24, 2.45) is 0 Å². The van der Waals surface area contributed by atoms with Gasteiger partial charge in [0.2, 0.25) is 0 Å². The lowest BCUT2D eigenvalue weighted by atomic mass is 10.2. The number of pyridine rings is 2. The van der Waals surface area contributed by atoms with Gasteiger partial charge in [-0.2, -0.15) is 0 Å². The number of carboxylic acid groups (broad SMARTS) is 1. The Morgan fingerprint density at radius 1 is 1.37 bits per heavy atom. The van der Waals surface area contributed by atoms with Crippen molar-refractivity contribution in [2.75, 3.05) is 0 Å². The van der Waals surface area contributed by atoms with Gasteiger partial charge in [0, 0.05) is 25.0 Å². The largest absolute Gasteiger partial charge is 0.478 e. The SMILES string of the molecule is O=C(O)c1cnc2nc(Cc3cccnc3)[nH]c2c1. The summed E-state index contributed by atoms with van der Waals surface area (Å²) in [6, 6.07) is 5.35. The van der Waals surface area contributed by atoms with E-state index in [0.29, 0.717) is 17.6 Å². The van der Waals surface area contributed by atoms with Crippen LogP contribution in [0.15, 0.2) is 36.8 Å². The number of nitrogens with zero attached hydrogens (tertiary/aromatic N) is 3. The van der Waals surface area contributed by atoms with Gasteiger partial charge in [-0.1, -0.05) is 6.07 Å². The molecular weight excluding hydrogens is 244 g/mol. The number of nitrogens with one attached hydrogen (secondary N) is 1. The summed E-state index contributed by atoms with van der Waals surface area (Å²) in [5.74, 6) is -0.268. The van der Waals surface area contributed by atoms with Gasteiger partial charge in [0.15, 0.2) is 5.65 Å². The molecular formula is C13H10N4O2. The quantitative estimate of drug-likeness (QED) is 0.741. The van der Waals surface area contributed by atoms with Crippen molar-refractivity contribution in [3.63, 3.8) is 0 Å². The minimum absolute atomic E-state index is 0.143. The van der Waals surface area contributed by atoms with Gasteiger partial charge in [-0.05, 0) is 17.7 Å². The lowest BCUT2D eigenvalue weighted by molar-refractivity contribution is 0.0696. The Hall–Kier alpha value is -2.76. The zero-order valence-electron chi connectivity index (χ0n) is 9.87. The van der Waals surface area contributed by atoms with E-state index in [4.69, 9.17) is 5.11 Å². The summed E-state index contributed by atoms with van der Waals surface area (Å²) in [5, 5.41) is 8.90. The molecule has 0 radical (unpaired) electrons. The van der Waals surface area contributed by atoms with E-state index in [-0.39, 0.29) is 5.56 Å². The van der Waals surface area contributed by atoms with Crippen molar-refractivity contribution in [3.8, 4) is 0 Å². The van der Waals surface area contributed by atoms with E-state index in [0.717, 1.165) is 11.4 Å². The zero-order chi connectivity index (χ0) is 13.2. The van der Waals surface area contributed by atoms with Gasteiger partial charge in [-0.25, -0.2) is 14.8 Å². The van der Waals surface area contributed by atoms with E-state index in [2.05, 4.69) is 19.9 Å². The number of carbonyl (C=O) groups is 1. The number of aromatic nitrogens is 4. The van der Waals surface area contributed by atoms with Crippen LogP contribution in [0.1, 0.15) is 21.7 Å². The predicted molar refractivity (Wildman–Crippen MR) is 67.9 cm³/mol. The molecule has 2 N–H and O–H groups in total. The highest BCUT2D eigenvalue weighted by atomic mass is 16.4. The maximum Gasteiger partial charge on any atom is 0.337 e. The maximum atomic E-state index is 10.9. The average Bonchev–Trinajstić information content (AvgIpc) is 2.80. The van der Waals surface area contributed by atoms with Crippen LogP contribution < -0.4 is 0 Å². The molecule has 0 saturated heterocycles. The highest BCUT2D eigenvalue weighted by Crippen LogP contribution is 2.13. The van der Waals surface area contributed by atoms with Crippen LogP contribution in [0.25, 0.3) is 11.2 Å². The first-order chi connectivity index (χ1) is 9.22. The number of fused-ring (bicyclic) bond motifs is 1. The Kier molecular flexibility index (Phi) is 2.68. The molecule has 0 saturated carbocycles. The van der Waals surface area contributed by atoms with Crippen LogP contribution in [-0.4, -0.2) is 31.0 Å². The number of hydrogen-bond donors (Lipinski definition) is 2. The van der Waals surface area contributed by atoms with Gasteiger partial charge in [0.25, 0.3) is 0 Å². The molecule has 3 rings (SSSR count). The van der Waals surface area contributed by atoms with Crippen molar-refractivity contribution in [1.29, 1.82) is 0 Å². The smallest absolute Gasteiger partial charge is 0.337 e. The van der Waals surface area contributed by atoms with E-state index in [1.165, 1.54) is 12.3 Å². The first-order valence-corrected chi connectivity index (χ1v) is 5.69. The number of aromatic carboxylic acids is 1. The number of imidazole rings is 1. The fourth-order valence-corrected chi connectivity index (χ4v) is 1.85. The van der Waals surface area contributed by atoms with Crippen molar-refractivity contribution in [2.45, 2.75) is 6.42 Å². The molecule has 3 aromatic heterocycles. The fourth-order valence-electron chi connectivity index (χ4n) is 1.85. The molecule has 0 aliphatic heterocycles. The van der Waals surface area contributed by atoms with Crippen molar-refractivity contribution < 1.29 is 9.90 Å². The number of carboxylic acids is 1. The van der Waals surface area contributed by atoms with Crippen LogP contribution in [0.4, 0.5) is 0 Å². The molecule has 0 spiro atoms. The second kappa shape index (κ2) is 4.49. The van der Waals surface area contributed by atoms with Gasteiger partial charge in [-0.15, -0.1) is 0 Å². The Labute approximate surface area is 108 Å². The first kappa shape index (κ1) is 11.3. The third kappa shape index (κ3) is 2.28. The van der Waals surface area contributed by atoms with Gasteiger partial charge in [-0.3, -0.25) is 4.98 Å². The Morgan fingerprint density at radius 3 is 3.00 bits per heavy atom. The molecule has 0 aliphatic rings. The molecule has 0 atom stereocenters. The van der Waals surface area contributed by atoms with Crippen LogP contribution in [-0.2, 0) is 6.42 Å². The average molecular weight is 254 g/mol. The van der Waals surface area contributed by atoms with Crippen LogP contribution >= 0.6 is 0 Å². The Morgan fingerprint density at radius 2 is 2.26 bits per heavy atom. The van der Waals surface area contributed by atoms with Gasteiger partial charge in [0.05, 0.1) is 11.1 Å². The Balaban J connectivity index is 1.95. The van der Waals surface area contributed by atoms with E-state index in [9.17, 15) is 4.79 Å². The number of hydrogen-bond acceptors (Lipinski definition) is 4. The summed E-state index contributed by atoms with van der Waals surface area (Å²) in [6.07, 6.45) is 5.39. The highest BCUT2D eigenvalue weighted by Gasteiger charge is 2.09. The molecule has 0 unspecified atom stereocenters. The van der Waals surface area contributed by atoms with E-state index in [1.54, 1.807) is 12.4 Å². The van der Waals surface area contributed by atoms with Gasteiger partial charge < -0.3 is 10.1 Å². The van der Waals surface area contributed by atoms with Crippen molar-refractivity contribution in [3.05, 3.63) is 53.7 Å². The van der Waals surface area contributed by atoms with Crippen molar-refractivity contribution >= 4 is 17.1 Å². The maximum absolute atomic E-state index is 10.9. The molecule has 3 heterocycles. The minimum atomic E-state index is -1.00. The lowest BCUT2D eigenvalue weighted by Gasteiger charge is -1.95. The van der Waals surface area contributed by atoms with E-state index >= 15 is 0 Å².